The Morgan fingerprint density at radius 1 is 1.20 bits per heavy atom. The van der Waals surface area contributed by atoms with E-state index in [2.05, 4.69) is 22.2 Å². The predicted molar refractivity (Wildman–Crippen MR) is 96.7 cm³/mol. The maximum absolute atomic E-state index is 12.2. The number of carbonyl (C=O) groups excluding carboxylic acids is 2. The average molecular weight is 365 g/mol. The number of imide groups is 1. The van der Waals surface area contributed by atoms with E-state index in [-0.39, 0.29) is 18.8 Å². The molecule has 8 heteroatoms. The Labute approximate surface area is 151 Å². The quantitative estimate of drug-likeness (QED) is 0.751. The van der Waals surface area contributed by atoms with Crippen LogP contribution in [0.5, 0.6) is 0 Å². The molecule has 7 nitrogen and oxygen atoms in total. The number of carbonyl (C=O) groups is 2. The van der Waals surface area contributed by atoms with Crippen molar-refractivity contribution in [1.29, 1.82) is 0 Å². The summed E-state index contributed by atoms with van der Waals surface area (Å²) in [6.45, 7) is 3.60. The Hall–Kier alpha value is -2.09. The molecule has 0 atom stereocenters. The monoisotopic (exact) mass is 364 g/mol. The molecule has 2 heterocycles. The lowest BCUT2D eigenvalue weighted by Gasteiger charge is -2.34. The molecule has 0 aliphatic carbocycles. The number of hydrogen-bond donors (Lipinski definition) is 2. The van der Waals surface area contributed by atoms with Gasteiger partial charge >= 0.3 is 0 Å². The van der Waals surface area contributed by atoms with E-state index in [0.717, 1.165) is 36.8 Å². The third kappa shape index (κ3) is 3.78. The molecule has 2 amide bonds. The maximum Gasteiger partial charge on any atom is 0.277 e. The van der Waals surface area contributed by atoms with Crippen molar-refractivity contribution in [3.8, 4) is 0 Å². The molecule has 3 rings (SSSR count). The molecular formula is C17H21ClN4O3. The minimum absolute atomic E-state index is 0.0184. The van der Waals surface area contributed by atoms with Crippen LogP contribution in [0.3, 0.4) is 0 Å². The third-order valence-electron chi connectivity index (χ3n) is 4.42. The number of nitrogens with one attached hydrogen (secondary N) is 1. The molecule has 134 valence electrons. The van der Waals surface area contributed by atoms with E-state index in [1.165, 1.54) is 6.08 Å². The fourth-order valence-electron chi connectivity index (χ4n) is 2.92. The van der Waals surface area contributed by atoms with E-state index < -0.39 is 11.8 Å². The molecule has 1 aromatic rings. The van der Waals surface area contributed by atoms with E-state index >= 15 is 0 Å². The van der Waals surface area contributed by atoms with Crippen molar-refractivity contribution in [3.63, 3.8) is 0 Å². The van der Waals surface area contributed by atoms with E-state index in [9.17, 15) is 9.59 Å². The van der Waals surface area contributed by atoms with Gasteiger partial charge in [-0.25, -0.2) is 0 Å². The molecule has 1 saturated heterocycles. The lowest BCUT2D eigenvalue weighted by molar-refractivity contribution is -0.137. The second-order valence-electron chi connectivity index (χ2n) is 6.16. The molecule has 1 fully saturated rings. The van der Waals surface area contributed by atoms with Crippen LogP contribution in [0.2, 0.25) is 5.02 Å². The van der Waals surface area contributed by atoms with E-state index in [0.29, 0.717) is 10.7 Å². The summed E-state index contributed by atoms with van der Waals surface area (Å²) in [5.74, 6) is -0.898. The number of rotatable bonds is 5. The number of nitrogens with zero attached hydrogens (tertiary/aromatic N) is 3. The molecule has 0 saturated carbocycles. The minimum Gasteiger partial charge on any atom is -0.395 e. The van der Waals surface area contributed by atoms with Crippen LogP contribution in [0.4, 0.5) is 11.4 Å². The van der Waals surface area contributed by atoms with Crippen LogP contribution >= 0.6 is 11.6 Å². The highest BCUT2D eigenvalue weighted by Gasteiger charge is 2.30. The van der Waals surface area contributed by atoms with Gasteiger partial charge in [-0.3, -0.25) is 14.5 Å². The fourth-order valence-corrected chi connectivity index (χ4v) is 3.14. The molecule has 2 aliphatic heterocycles. The van der Waals surface area contributed by atoms with Crippen LogP contribution in [0.25, 0.3) is 0 Å². The topological polar surface area (TPSA) is 76.1 Å². The summed E-state index contributed by atoms with van der Waals surface area (Å²) in [5, 5.41) is 12.3. The number of hydrogen-bond acceptors (Lipinski definition) is 6. The summed E-state index contributed by atoms with van der Waals surface area (Å²) in [7, 11) is 2.10. The maximum atomic E-state index is 12.2. The number of anilines is 2. The molecule has 0 aromatic heterocycles. The lowest BCUT2D eigenvalue weighted by Crippen LogP contribution is -2.44. The SMILES string of the molecule is CN1CCN(c2ccc(NC3=CC(=O)N(CCO)C3=O)c(Cl)c2)CC1. The van der Waals surface area contributed by atoms with Crippen molar-refractivity contribution in [3.05, 3.63) is 35.0 Å². The van der Waals surface area contributed by atoms with Crippen LogP contribution in [-0.2, 0) is 9.59 Å². The van der Waals surface area contributed by atoms with Crippen LogP contribution < -0.4 is 10.2 Å². The van der Waals surface area contributed by atoms with Crippen LogP contribution in [0.1, 0.15) is 0 Å². The van der Waals surface area contributed by atoms with Crippen molar-refractivity contribution >= 4 is 34.8 Å². The van der Waals surface area contributed by atoms with Gasteiger partial charge in [0, 0.05) is 37.9 Å². The summed E-state index contributed by atoms with van der Waals surface area (Å²) in [6.07, 6.45) is 1.22. The van der Waals surface area contributed by atoms with Gasteiger partial charge in [-0.05, 0) is 25.2 Å². The van der Waals surface area contributed by atoms with Crippen LogP contribution in [0, 0.1) is 0 Å². The number of likely N-dealkylation sites (N-methyl/N-ethyl adjacent to an activating group) is 1. The first-order chi connectivity index (χ1) is 12.0. The van der Waals surface area contributed by atoms with Gasteiger partial charge in [0.1, 0.15) is 5.70 Å². The summed E-state index contributed by atoms with van der Waals surface area (Å²) in [4.78, 5) is 29.5. The van der Waals surface area contributed by atoms with Gasteiger partial charge in [-0.2, -0.15) is 0 Å². The van der Waals surface area contributed by atoms with E-state index in [1.54, 1.807) is 0 Å². The number of piperazine rings is 1. The van der Waals surface area contributed by atoms with Gasteiger partial charge in [0.25, 0.3) is 11.8 Å². The smallest absolute Gasteiger partial charge is 0.277 e. The number of halogens is 1. The van der Waals surface area contributed by atoms with Crippen LogP contribution in [-0.4, -0.2) is 73.1 Å². The Morgan fingerprint density at radius 2 is 1.92 bits per heavy atom. The van der Waals surface area contributed by atoms with Crippen molar-refractivity contribution in [2.45, 2.75) is 0 Å². The summed E-state index contributed by atoms with van der Waals surface area (Å²) in [5.41, 5.74) is 1.76. The Bertz CT molecular complexity index is 714. The van der Waals surface area contributed by atoms with Gasteiger partial charge in [0.15, 0.2) is 0 Å². The average Bonchev–Trinajstić information content (AvgIpc) is 2.85. The lowest BCUT2D eigenvalue weighted by atomic mass is 10.2. The summed E-state index contributed by atoms with van der Waals surface area (Å²) >= 11 is 6.36. The zero-order chi connectivity index (χ0) is 18.0. The Morgan fingerprint density at radius 3 is 2.56 bits per heavy atom. The molecular weight excluding hydrogens is 344 g/mol. The highest BCUT2D eigenvalue weighted by molar-refractivity contribution is 6.33. The van der Waals surface area contributed by atoms with Crippen molar-refractivity contribution in [2.75, 3.05) is 56.6 Å². The zero-order valence-corrected chi connectivity index (χ0v) is 14.8. The Kier molecular flexibility index (Phi) is 5.27. The van der Waals surface area contributed by atoms with Crippen molar-refractivity contribution in [1.82, 2.24) is 9.80 Å². The highest BCUT2D eigenvalue weighted by atomic mass is 35.5. The first kappa shape index (κ1) is 17.7. The van der Waals surface area contributed by atoms with E-state index in [1.807, 2.05) is 18.2 Å². The van der Waals surface area contributed by atoms with Gasteiger partial charge < -0.3 is 20.2 Å². The van der Waals surface area contributed by atoms with Gasteiger partial charge in [0.2, 0.25) is 0 Å². The summed E-state index contributed by atoms with van der Waals surface area (Å²) < 4.78 is 0. The summed E-state index contributed by atoms with van der Waals surface area (Å²) in [6, 6.07) is 5.62. The second kappa shape index (κ2) is 7.43. The van der Waals surface area contributed by atoms with Crippen molar-refractivity contribution < 1.29 is 14.7 Å². The number of aliphatic hydroxyl groups is 1. The first-order valence-electron chi connectivity index (χ1n) is 8.18. The molecule has 0 bridgehead atoms. The molecule has 2 aliphatic rings. The van der Waals surface area contributed by atoms with Gasteiger partial charge in [-0.1, -0.05) is 11.6 Å². The fraction of sp³-hybridized carbons (Fsp3) is 0.412. The number of aliphatic hydroxyl groups excluding tert-OH is 1. The number of amides is 2. The third-order valence-corrected chi connectivity index (χ3v) is 4.74. The standard InChI is InChI=1S/C17H21ClN4O3/c1-20-4-6-21(7-5-20)12-2-3-14(13(18)10-12)19-15-11-16(24)22(8-9-23)17(15)25/h2-3,10-11,19,23H,4-9H2,1H3. The van der Waals surface area contributed by atoms with Crippen LogP contribution in [0.15, 0.2) is 30.0 Å². The van der Waals surface area contributed by atoms with Gasteiger partial charge in [-0.15, -0.1) is 0 Å². The minimum atomic E-state index is -0.460. The molecule has 1 aromatic carbocycles. The normalized spacial score (nSPS) is 18.8. The molecule has 25 heavy (non-hydrogen) atoms. The zero-order valence-electron chi connectivity index (χ0n) is 14.0. The second-order valence-corrected chi connectivity index (χ2v) is 6.56. The largest absolute Gasteiger partial charge is 0.395 e. The molecule has 0 spiro atoms. The first-order valence-corrected chi connectivity index (χ1v) is 8.56. The predicted octanol–water partition coefficient (Wildman–Crippen LogP) is 0.749. The molecule has 0 unspecified atom stereocenters. The number of β-amino-alcohol motifs (C(OH)–C–C–N with tert-alkyl or cyclic N) is 1. The van der Waals surface area contributed by atoms with Gasteiger partial charge in [0.05, 0.1) is 23.9 Å². The van der Waals surface area contributed by atoms with E-state index in [4.69, 9.17) is 16.7 Å². The molecule has 0 radical (unpaired) electrons. The number of benzene rings is 1. The highest BCUT2D eigenvalue weighted by Crippen LogP contribution is 2.30. The Balaban J connectivity index is 1.71. The van der Waals surface area contributed by atoms with Crippen molar-refractivity contribution in [2.24, 2.45) is 0 Å². The molecule has 2 N–H and O–H groups in total.